The molecule has 0 amide bonds. The molecule has 2 aromatic rings. The van der Waals surface area contributed by atoms with Crippen molar-refractivity contribution < 1.29 is 28.7 Å². The molecule has 190 valence electrons. The van der Waals surface area contributed by atoms with Gasteiger partial charge in [0.2, 0.25) is 6.04 Å². The number of esters is 1. The van der Waals surface area contributed by atoms with Gasteiger partial charge in [-0.15, -0.1) is 0 Å². The molecule has 2 atom stereocenters. The second kappa shape index (κ2) is 13.2. The predicted molar refractivity (Wildman–Crippen MR) is 131 cm³/mol. The summed E-state index contributed by atoms with van der Waals surface area (Å²) in [6.45, 7) is 6.94. The maximum absolute atomic E-state index is 12.0. The Hall–Kier alpha value is -2.97. The zero-order valence-electron chi connectivity index (χ0n) is 20.7. The van der Waals surface area contributed by atoms with Crippen molar-refractivity contribution in [2.75, 3.05) is 13.2 Å². The first-order valence-corrected chi connectivity index (χ1v) is 12.3. The number of para-hydroxylation sites is 1. The first-order chi connectivity index (χ1) is 16.9. The van der Waals surface area contributed by atoms with Gasteiger partial charge in [0.05, 0.1) is 19.6 Å². The molecule has 0 aliphatic carbocycles. The summed E-state index contributed by atoms with van der Waals surface area (Å²) in [7, 11) is 0. The number of rotatable bonds is 12. The lowest BCUT2D eigenvalue weighted by atomic mass is 9.97. The third-order valence-corrected chi connectivity index (χ3v) is 5.99. The highest BCUT2D eigenvalue weighted by Gasteiger charge is 2.28. The summed E-state index contributed by atoms with van der Waals surface area (Å²) in [6, 6.07) is 12.0. The van der Waals surface area contributed by atoms with Crippen LogP contribution in [0.3, 0.4) is 0 Å². The van der Waals surface area contributed by atoms with Crippen LogP contribution in [0.4, 0.5) is 0 Å². The first kappa shape index (κ1) is 26.6. The van der Waals surface area contributed by atoms with Crippen LogP contribution >= 0.6 is 0 Å². The molecule has 0 aromatic heterocycles. The van der Waals surface area contributed by atoms with Crippen molar-refractivity contribution in [1.29, 1.82) is 0 Å². The van der Waals surface area contributed by atoms with Gasteiger partial charge in [0.25, 0.3) is 0 Å². The third-order valence-electron chi connectivity index (χ3n) is 5.99. The summed E-state index contributed by atoms with van der Waals surface area (Å²) < 4.78 is 22.8. The van der Waals surface area contributed by atoms with Crippen LogP contribution in [0.2, 0.25) is 0 Å². The summed E-state index contributed by atoms with van der Waals surface area (Å²) in [6.07, 6.45) is 2.47. The molecule has 8 heteroatoms. The van der Waals surface area contributed by atoms with Gasteiger partial charge in [0.15, 0.2) is 6.29 Å². The molecule has 3 rings (SSSR count). The van der Waals surface area contributed by atoms with Crippen molar-refractivity contribution in [3.8, 4) is 11.5 Å². The average molecular weight is 486 g/mol. The number of carbonyl (C=O) groups excluding carboxylic acids is 1. The van der Waals surface area contributed by atoms with E-state index in [1.54, 1.807) is 25.1 Å². The highest BCUT2D eigenvalue weighted by molar-refractivity contribution is 5.69. The highest BCUT2D eigenvalue weighted by Crippen LogP contribution is 2.34. The molecule has 35 heavy (non-hydrogen) atoms. The summed E-state index contributed by atoms with van der Waals surface area (Å²) in [5.41, 5.74) is 2.21. The van der Waals surface area contributed by atoms with Crippen LogP contribution in [0.25, 0.3) is 0 Å². The quantitative estimate of drug-likeness (QED) is 0.197. The molecule has 1 heterocycles. The maximum atomic E-state index is 12.0. The Balaban J connectivity index is 1.87. The molecule has 0 radical (unpaired) electrons. The number of ether oxygens (including phenoxy) is 4. The van der Waals surface area contributed by atoms with Crippen LogP contribution in [-0.2, 0) is 25.6 Å². The van der Waals surface area contributed by atoms with Gasteiger partial charge in [-0.2, -0.15) is 0 Å². The van der Waals surface area contributed by atoms with E-state index in [9.17, 15) is 14.9 Å². The highest BCUT2D eigenvalue weighted by atomic mass is 16.7. The van der Waals surface area contributed by atoms with Crippen LogP contribution < -0.4 is 4.74 Å². The van der Waals surface area contributed by atoms with E-state index < -0.39 is 12.0 Å². The van der Waals surface area contributed by atoms with E-state index in [1.807, 2.05) is 24.3 Å². The molecular formula is C27H35NO7. The molecule has 2 aromatic carbocycles. The third kappa shape index (κ3) is 7.77. The number of nitrogens with zero attached hydrogens (tertiary/aromatic N) is 1. The van der Waals surface area contributed by atoms with Crippen molar-refractivity contribution in [1.82, 2.24) is 0 Å². The fourth-order valence-electron chi connectivity index (χ4n) is 4.16. The Kier molecular flexibility index (Phi) is 10.0. The molecule has 0 N–H and O–H groups in total. The number of hydrogen-bond donors (Lipinski definition) is 0. The Labute approximate surface area is 206 Å². The lowest BCUT2D eigenvalue weighted by Gasteiger charge is -2.24. The molecule has 0 bridgehead atoms. The zero-order chi connectivity index (χ0) is 25.2. The van der Waals surface area contributed by atoms with Crippen LogP contribution in [-0.4, -0.2) is 30.4 Å². The van der Waals surface area contributed by atoms with Gasteiger partial charge >= 0.3 is 5.97 Å². The minimum Gasteiger partial charge on any atom is -0.466 e. The molecule has 1 saturated heterocycles. The van der Waals surface area contributed by atoms with E-state index >= 15 is 0 Å². The van der Waals surface area contributed by atoms with Gasteiger partial charge < -0.3 is 18.9 Å². The normalized spacial score (nSPS) is 16.6. The van der Waals surface area contributed by atoms with Crippen LogP contribution in [0.15, 0.2) is 42.5 Å². The summed E-state index contributed by atoms with van der Waals surface area (Å²) in [4.78, 5) is 23.5. The van der Waals surface area contributed by atoms with Crippen LogP contribution in [0.5, 0.6) is 11.5 Å². The van der Waals surface area contributed by atoms with Crippen molar-refractivity contribution in [3.05, 3.63) is 69.3 Å². The molecule has 1 aliphatic heterocycles. The van der Waals surface area contributed by atoms with Gasteiger partial charge in [-0.25, -0.2) is 0 Å². The largest absolute Gasteiger partial charge is 0.466 e. The van der Waals surface area contributed by atoms with Gasteiger partial charge in [-0.1, -0.05) is 32.0 Å². The first-order valence-electron chi connectivity index (χ1n) is 12.3. The average Bonchev–Trinajstić information content (AvgIpc) is 2.84. The molecule has 0 spiro atoms. The fraction of sp³-hybridized carbons (Fsp3) is 0.519. The minimum absolute atomic E-state index is 0.0362. The molecule has 2 unspecified atom stereocenters. The topological polar surface area (TPSA) is 97.1 Å². The number of hydrogen-bond acceptors (Lipinski definition) is 7. The standard InChI is InChI=1S/C27H35NO7/c1-4-32-26(29)15-14-24(28(30)31)23-13-12-21(35-25-10-6-5-9-22(25)19(2)3)17-20(23)18-34-27-11-7-8-16-33-27/h5-6,9-10,12-13,17,19,24,27H,4,7-8,11,14-16,18H2,1-3H3. The second-order valence-electron chi connectivity index (χ2n) is 8.91. The van der Waals surface area contributed by atoms with Crippen LogP contribution in [0.1, 0.15) is 81.5 Å². The Morgan fingerprint density at radius 3 is 2.66 bits per heavy atom. The summed E-state index contributed by atoms with van der Waals surface area (Å²) >= 11 is 0. The van der Waals surface area contributed by atoms with Gasteiger partial charge in [0.1, 0.15) is 11.5 Å². The predicted octanol–water partition coefficient (Wildman–Crippen LogP) is 6.31. The van der Waals surface area contributed by atoms with E-state index in [2.05, 4.69) is 13.8 Å². The van der Waals surface area contributed by atoms with E-state index in [0.717, 1.165) is 30.6 Å². The molecule has 0 saturated carbocycles. The Morgan fingerprint density at radius 2 is 1.97 bits per heavy atom. The lowest BCUT2D eigenvalue weighted by Crippen LogP contribution is -2.23. The van der Waals surface area contributed by atoms with Crippen molar-refractivity contribution in [3.63, 3.8) is 0 Å². The van der Waals surface area contributed by atoms with Gasteiger partial charge in [-0.3, -0.25) is 14.9 Å². The van der Waals surface area contributed by atoms with Crippen LogP contribution in [0, 0.1) is 10.1 Å². The van der Waals surface area contributed by atoms with Gasteiger partial charge in [-0.05, 0) is 67.5 Å². The van der Waals surface area contributed by atoms with Crippen molar-refractivity contribution in [2.24, 2.45) is 0 Å². The van der Waals surface area contributed by atoms with E-state index in [-0.39, 0.29) is 43.2 Å². The monoisotopic (exact) mass is 485 g/mol. The van der Waals surface area contributed by atoms with E-state index in [1.165, 1.54) is 0 Å². The second-order valence-corrected chi connectivity index (χ2v) is 8.91. The van der Waals surface area contributed by atoms with Gasteiger partial charge in [0, 0.05) is 23.5 Å². The van der Waals surface area contributed by atoms with Crippen molar-refractivity contribution in [2.45, 2.75) is 77.7 Å². The Bertz CT molecular complexity index is 985. The van der Waals surface area contributed by atoms with Crippen molar-refractivity contribution >= 4 is 5.97 Å². The molecular weight excluding hydrogens is 450 g/mol. The minimum atomic E-state index is -1.07. The molecule has 1 aliphatic rings. The number of benzene rings is 2. The zero-order valence-corrected chi connectivity index (χ0v) is 20.7. The van der Waals surface area contributed by atoms with E-state index in [4.69, 9.17) is 18.9 Å². The molecule has 1 fully saturated rings. The smallest absolute Gasteiger partial charge is 0.306 e. The number of carbonyl (C=O) groups is 1. The fourth-order valence-corrected chi connectivity index (χ4v) is 4.16. The Morgan fingerprint density at radius 1 is 1.17 bits per heavy atom. The summed E-state index contributed by atoms with van der Waals surface area (Å²) in [5, 5.41) is 12.0. The maximum Gasteiger partial charge on any atom is 0.306 e. The summed E-state index contributed by atoms with van der Waals surface area (Å²) in [5.74, 6) is 1.14. The SMILES string of the molecule is CCOC(=O)CCC(c1ccc(Oc2ccccc2C(C)C)cc1COC1CCCCO1)[N+](=O)[O-]. The molecule has 8 nitrogen and oxygen atoms in total. The lowest BCUT2D eigenvalue weighted by molar-refractivity contribution is -0.530. The number of nitro groups is 1. The van der Waals surface area contributed by atoms with E-state index in [0.29, 0.717) is 23.5 Å².